The Morgan fingerprint density at radius 3 is 2.70 bits per heavy atom. The van der Waals surface area contributed by atoms with Crippen molar-refractivity contribution in [1.82, 2.24) is 4.98 Å². The van der Waals surface area contributed by atoms with Gasteiger partial charge in [0.15, 0.2) is 0 Å². The Hall–Kier alpha value is -1.09. The molecule has 2 N–H and O–H groups in total. The van der Waals surface area contributed by atoms with E-state index in [2.05, 4.69) is 42.9 Å². The zero-order valence-electron chi connectivity index (χ0n) is 13.2. The minimum absolute atomic E-state index is 0.249. The molecule has 0 saturated heterocycles. The van der Waals surface area contributed by atoms with Crippen LogP contribution in [0.2, 0.25) is 0 Å². The summed E-state index contributed by atoms with van der Waals surface area (Å²) in [7, 11) is 2.19. The second-order valence-corrected chi connectivity index (χ2v) is 6.34. The molecule has 3 unspecified atom stereocenters. The van der Waals surface area contributed by atoms with Crippen molar-refractivity contribution in [2.24, 2.45) is 11.7 Å². The summed E-state index contributed by atoms with van der Waals surface area (Å²) in [5.41, 5.74) is 7.24. The predicted octanol–water partition coefficient (Wildman–Crippen LogP) is 3.38. The summed E-state index contributed by atoms with van der Waals surface area (Å²) < 4.78 is 0. The van der Waals surface area contributed by atoms with Crippen LogP contribution in [0.15, 0.2) is 18.3 Å². The van der Waals surface area contributed by atoms with E-state index in [9.17, 15) is 0 Å². The summed E-state index contributed by atoms with van der Waals surface area (Å²) >= 11 is 0. The second kappa shape index (κ2) is 7.07. The number of pyridine rings is 1. The lowest BCUT2D eigenvalue weighted by Gasteiger charge is -2.37. The van der Waals surface area contributed by atoms with Gasteiger partial charge in [-0.15, -0.1) is 0 Å². The Bertz CT molecular complexity index is 401. The number of rotatable bonds is 5. The van der Waals surface area contributed by atoms with Gasteiger partial charge in [-0.2, -0.15) is 0 Å². The van der Waals surface area contributed by atoms with Crippen LogP contribution in [0, 0.1) is 5.92 Å². The Labute approximate surface area is 123 Å². The van der Waals surface area contributed by atoms with Gasteiger partial charge in [0.2, 0.25) is 0 Å². The van der Waals surface area contributed by atoms with Crippen LogP contribution in [0.1, 0.15) is 51.5 Å². The van der Waals surface area contributed by atoms with Gasteiger partial charge in [-0.05, 0) is 43.2 Å². The molecule has 112 valence electrons. The van der Waals surface area contributed by atoms with Gasteiger partial charge in [-0.25, -0.2) is 4.98 Å². The van der Waals surface area contributed by atoms with Crippen molar-refractivity contribution in [3.8, 4) is 0 Å². The third-order valence-corrected chi connectivity index (χ3v) is 4.76. The molecule has 0 aliphatic heterocycles. The van der Waals surface area contributed by atoms with Gasteiger partial charge in [0.05, 0.1) is 0 Å². The maximum absolute atomic E-state index is 6.00. The summed E-state index contributed by atoms with van der Waals surface area (Å²) in [5.74, 6) is 1.86. The molecule has 1 saturated carbocycles. The molecule has 20 heavy (non-hydrogen) atoms. The topological polar surface area (TPSA) is 42.1 Å². The van der Waals surface area contributed by atoms with E-state index in [-0.39, 0.29) is 6.04 Å². The minimum Gasteiger partial charge on any atom is -0.356 e. The minimum atomic E-state index is 0.249. The first-order chi connectivity index (χ1) is 9.61. The fourth-order valence-electron chi connectivity index (χ4n) is 3.24. The van der Waals surface area contributed by atoms with Gasteiger partial charge in [-0.3, -0.25) is 0 Å². The van der Waals surface area contributed by atoms with Crippen molar-refractivity contribution in [2.75, 3.05) is 11.9 Å². The van der Waals surface area contributed by atoms with E-state index in [4.69, 9.17) is 5.73 Å². The van der Waals surface area contributed by atoms with Crippen molar-refractivity contribution in [2.45, 2.75) is 64.5 Å². The van der Waals surface area contributed by atoms with E-state index in [1.807, 2.05) is 6.20 Å². The molecule has 1 aromatic heterocycles. The van der Waals surface area contributed by atoms with Crippen molar-refractivity contribution < 1.29 is 0 Å². The highest BCUT2D eigenvalue weighted by Crippen LogP contribution is 2.29. The normalized spacial score (nSPS) is 24.4. The number of hydrogen-bond donors (Lipinski definition) is 1. The maximum atomic E-state index is 6.00. The van der Waals surface area contributed by atoms with Gasteiger partial charge < -0.3 is 10.6 Å². The zero-order chi connectivity index (χ0) is 14.5. The lowest BCUT2D eigenvalue weighted by Crippen LogP contribution is -2.39. The van der Waals surface area contributed by atoms with Gasteiger partial charge in [-0.1, -0.05) is 32.8 Å². The molecule has 0 aromatic carbocycles. The SMILES string of the molecule is CCC(N)Cc1ccc(N(C)C2CCCCC2C)nc1. The molecule has 0 bridgehead atoms. The van der Waals surface area contributed by atoms with Crippen LogP contribution in [0.25, 0.3) is 0 Å². The quantitative estimate of drug-likeness (QED) is 0.896. The molecular formula is C17H29N3. The molecule has 1 aromatic rings. The van der Waals surface area contributed by atoms with Crippen molar-refractivity contribution >= 4 is 5.82 Å². The summed E-state index contributed by atoms with van der Waals surface area (Å²) in [6, 6.07) is 5.22. The maximum Gasteiger partial charge on any atom is 0.128 e. The van der Waals surface area contributed by atoms with Crippen LogP contribution in [-0.2, 0) is 6.42 Å². The number of nitrogens with zero attached hydrogens (tertiary/aromatic N) is 2. The van der Waals surface area contributed by atoms with Crippen LogP contribution in [0.3, 0.4) is 0 Å². The Balaban J connectivity index is 2.01. The fourth-order valence-corrected chi connectivity index (χ4v) is 3.24. The summed E-state index contributed by atoms with van der Waals surface area (Å²) in [6.45, 7) is 4.50. The molecule has 1 aliphatic carbocycles. The number of nitrogens with two attached hydrogens (primary N) is 1. The van der Waals surface area contributed by atoms with E-state index in [1.54, 1.807) is 0 Å². The largest absolute Gasteiger partial charge is 0.356 e. The molecule has 2 rings (SSSR count). The molecule has 0 amide bonds. The average molecular weight is 275 g/mol. The summed E-state index contributed by atoms with van der Waals surface area (Å²) in [5, 5.41) is 0. The smallest absolute Gasteiger partial charge is 0.128 e. The fraction of sp³-hybridized carbons (Fsp3) is 0.706. The number of hydrogen-bond acceptors (Lipinski definition) is 3. The monoisotopic (exact) mass is 275 g/mol. The summed E-state index contributed by atoms with van der Waals surface area (Å²) in [6.07, 6.45) is 9.30. The first-order valence-electron chi connectivity index (χ1n) is 8.05. The number of aromatic nitrogens is 1. The molecular weight excluding hydrogens is 246 g/mol. The van der Waals surface area contributed by atoms with Gasteiger partial charge in [0, 0.05) is 25.3 Å². The van der Waals surface area contributed by atoms with Crippen LogP contribution in [0.5, 0.6) is 0 Å². The van der Waals surface area contributed by atoms with E-state index < -0.39 is 0 Å². The zero-order valence-corrected chi connectivity index (χ0v) is 13.2. The Morgan fingerprint density at radius 1 is 1.35 bits per heavy atom. The van der Waals surface area contributed by atoms with Crippen LogP contribution in [-0.4, -0.2) is 24.1 Å². The van der Waals surface area contributed by atoms with Gasteiger partial charge >= 0.3 is 0 Å². The molecule has 1 heterocycles. The van der Waals surface area contributed by atoms with E-state index in [1.165, 1.54) is 31.2 Å². The molecule has 1 fully saturated rings. The molecule has 3 atom stereocenters. The van der Waals surface area contributed by atoms with E-state index >= 15 is 0 Å². The first-order valence-corrected chi connectivity index (χ1v) is 8.05. The second-order valence-electron chi connectivity index (χ2n) is 6.34. The third kappa shape index (κ3) is 3.72. The lowest BCUT2D eigenvalue weighted by atomic mass is 9.85. The highest BCUT2D eigenvalue weighted by molar-refractivity contribution is 5.40. The van der Waals surface area contributed by atoms with E-state index in [0.29, 0.717) is 6.04 Å². The van der Waals surface area contributed by atoms with Crippen LogP contribution < -0.4 is 10.6 Å². The summed E-state index contributed by atoms with van der Waals surface area (Å²) in [4.78, 5) is 7.01. The van der Waals surface area contributed by atoms with E-state index in [0.717, 1.165) is 24.6 Å². The highest BCUT2D eigenvalue weighted by atomic mass is 15.2. The van der Waals surface area contributed by atoms with Gasteiger partial charge in [0.25, 0.3) is 0 Å². The third-order valence-electron chi connectivity index (χ3n) is 4.76. The molecule has 1 aliphatic rings. The van der Waals surface area contributed by atoms with Crippen molar-refractivity contribution in [3.05, 3.63) is 23.9 Å². The first kappa shape index (κ1) is 15.3. The lowest BCUT2D eigenvalue weighted by molar-refractivity contribution is 0.320. The predicted molar refractivity (Wildman–Crippen MR) is 86.0 cm³/mol. The van der Waals surface area contributed by atoms with Crippen LogP contribution >= 0.6 is 0 Å². The highest BCUT2D eigenvalue weighted by Gasteiger charge is 2.25. The molecule has 3 nitrogen and oxygen atoms in total. The standard InChI is InChI=1S/C17H29N3/c1-4-15(18)11-14-9-10-17(19-12-14)20(3)16-8-6-5-7-13(16)2/h9-10,12-13,15-16H,4-8,11,18H2,1-3H3. The number of anilines is 1. The van der Waals surface area contributed by atoms with Crippen molar-refractivity contribution in [1.29, 1.82) is 0 Å². The van der Waals surface area contributed by atoms with Crippen LogP contribution in [0.4, 0.5) is 5.82 Å². The van der Waals surface area contributed by atoms with Gasteiger partial charge in [0.1, 0.15) is 5.82 Å². The average Bonchev–Trinajstić information content (AvgIpc) is 2.47. The Morgan fingerprint density at radius 2 is 2.10 bits per heavy atom. The van der Waals surface area contributed by atoms with Crippen molar-refractivity contribution in [3.63, 3.8) is 0 Å². The molecule has 3 heteroatoms. The molecule has 0 spiro atoms. The molecule has 0 radical (unpaired) electrons. The Kier molecular flexibility index (Phi) is 5.41.